The second-order valence-electron chi connectivity index (χ2n) is 7.05. The van der Waals surface area contributed by atoms with Gasteiger partial charge < -0.3 is 15.8 Å². The summed E-state index contributed by atoms with van der Waals surface area (Å²) in [5.74, 6) is 6.56. The number of halogens is 1. The number of anilines is 1. The maximum Gasteiger partial charge on any atom is 0.127 e. The molecule has 6 nitrogen and oxygen atoms in total. The highest BCUT2D eigenvalue weighted by atomic mass is 35.5. The van der Waals surface area contributed by atoms with Crippen molar-refractivity contribution in [2.75, 3.05) is 11.6 Å². The molecule has 0 aliphatic carbocycles. The normalized spacial score (nSPS) is 14.2. The number of para-hydroxylation sites is 1. The Hall–Kier alpha value is -3.51. The Kier molecular flexibility index (Phi) is 5.59. The molecule has 0 fully saturated rings. The molecule has 0 amide bonds. The Morgan fingerprint density at radius 1 is 1.07 bits per heavy atom. The van der Waals surface area contributed by atoms with Crippen molar-refractivity contribution in [3.8, 4) is 5.75 Å². The molecule has 3 aromatic carbocycles. The zero-order valence-corrected chi connectivity index (χ0v) is 17.3. The van der Waals surface area contributed by atoms with Crippen LogP contribution in [0.1, 0.15) is 23.6 Å². The first kappa shape index (κ1) is 19.8. The summed E-state index contributed by atoms with van der Waals surface area (Å²) in [6.45, 7) is 2.91. The third-order valence-corrected chi connectivity index (χ3v) is 5.24. The van der Waals surface area contributed by atoms with Gasteiger partial charge in [-0.1, -0.05) is 54.1 Å². The van der Waals surface area contributed by atoms with Crippen LogP contribution in [-0.4, -0.2) is 28.3 Å². The van der Waals surface area contributed by atoms with Gasteiger partial charge in [-0.05, 0) is 42.8 Å². The lowest BCUT2D eigenvalue weighted by molar-refractivity contribution is 0.290. The van der Waals surface area contributed by atoms with Crippen molar-refractivity contribution < 1.29 is 5.11 Å². The molecule has 4 rings (SSSR count). The van der Waals surface area contributed by atoms with E-state index in [1.165, 1.54) is 0 Å². The zero-order valence-electron chi connectivity index (χ0n) is 16.5. The monoisotopic (exact) mass is 419 g/mol. The van der Waals surface area contributed by atoms with Gasteiger partial charge in [0.1, 0.15) is 18.3 Å². The first-order valence-corrected chi connectivity index (χ1v) is 9.92. The van der Waals surface area contributed by atoms with Crippen molar-refractivity contribution in [1.29, 1.82) is 0 Å². The third-order valence-electron chi connectivity index (χ3n) is 4.99. The van der Waals surface area contributed by atoms with Gasteiger partial charge in [0.2, 0.25) is 0 Å². The van der Waals surface area contributed by atoms with E-state index < -0.39 is 0 Å². The number of phenols is 1. The Labute approximate surface area is 180 Å². The first-order chi connectivity index (χ1) is 14.5. The Balaban J connectivity index is 1.83. The second kappa shape index (κ2) is 8.47. The SMILES string of the molecule is C/C(=N/N)N1CN(Cc2ccc(O)cc2)N=C(c2ccc(Cl)cc2)c2ccccc21. The van der Waals surface area contributed by atoms with Gasteiger partial charge in [-0.2, -0.15) is 10.2 Å². The lowest BCUT2D eigenvalue weighted by Crippen LogP contribution is -2.38. The molecule has 152 valence electrons. The minimum absolute atomic E-state index is 0.236. The van der Waals surface area contributed by atoms with Crippen molar-refractivity contribution in [2.24, 2.45) is 16.0 Å². The van der Waals surface area contributed by atoms with Gasteiger partial charge >= 0.3 is 0 Å². The number of phenolic OH excluding ortho intramolecular Hbond substituents is 1. The number of nitrogens with zero attached hydrogens (tertiary/aromatic N) is 4. The number of nitrogens with two attached hydrogens (primary N) is 1. The molecule has 0 radical (unpaired) electrons. The summed E-state index contributed by atoms with van der Waals surface area (Å²) in [6, 6.07) is 22.9. The summed E-state index contributed by atoms with van der Waals surface area (Å²) < 4.78 is 0. The van der Waals surface area contributed by atoms with E-state index in [2.05, 4.69) is 5.10 Å². The predicted molar refractivity (Wildman–Crippen MR) is 122 cm³/mol. The van der Waals surface area contributed by atoms with E-state index in [9.17, 15) is 5.11 Å². The van der Waals surface area contributed by atoms with Gasteiger partial charge in [0.15, 0.2) is 0 Å². The van der Waals surface area contributed by atoms with Gasteiger partial charge in [-0.15, -0.1) is 0 Å². The third kappa shape index (κ3) is 4.09. The minimum Gasteiger partial charge on any atom is -0.508 e. The smallest absolute Gasteiger partial charge is 0.127 e. The molecule has 7 heteroatoms. The maximum atomic E-state index is 9.60. The molecule has 30 heavy (non-hydrogen) atoms. The fourth-order valence-corrected chi connectivity index (χ4v) is 3.57. The molecule has 0 bridgehead atoms. The second-order valence-corrected chi connectivity index (χ2v) is 7.49. The number of amidine groups is 1. The molecular formula is C23H22ClN5O. The lowest BCUT2D eigenvalue weighted by Gasteiger charge is -2.28. The van der Waals surface area contributed by atoms with Gasteiger partial charge in [0.25, 0.3) is 0 Å². The van der Waals surface area contributed by atoms with Crippen LogP contribution in [-0.2, 0) is 6.54 Å². The Bertz CT molecular complexity index is 1090. The van der Waals surface area contributed by atoms with Crippen molar-refractivity contribution in [3.05, 3.63) is 94.5 Å². The van der Waals surface area contributed by atoms with Crippen molar-refractivity contribution in [1.82, 2.24) is 5.01 Å². The van der Waals surface area contributed by atoms with E-state index in [0.717, 1.165) is 28.1 Å². The summed E-state index contributed by atoms with van der Waals surface area (Å²) in [4.78, 5) is 2.04. The van der Waals surface area contributed by atoms with E-state index in [1.807, 2.05) is 77.5 Å². The van der Waals surface area contributed by atoms with Crippen LogP contribution >= 0.6 is 11.6 Å². The van der Waals surface area contributed by atoms with E-state index in [-0.39, 0.29) is 5.75 Å². The van der Waals surface area contributed by atoms with Crippen LogP contribution < -0.4 is 10.7 Å². The van der Waals surface area contributed by atoms with Gasteiger partial charge in [0, 0.05) is 16.1 Å². The molecule has 1 aliphatic heterocycles. The van der Waals surface area contributed by atoms with Gasteiger partial charge in [-0.25, -0.2) is 0 Å². The maximum absolute atomic E-state index is 9.60. The van der Waals surface area contributed by atoms with Gasteiger partial charge in [0.05, 0.1) is 17.9 Å². The standard InChI is InChI=1S/C23H22ClN5O/c1-16(26-25)29-15-28(14-17-6-12-20(30)13-7-17)27-23(18-8-10-19(24)11-9-18)21-4-2-3-5-22(21)29/h2-13,30H,14-15,25H2,1H3/b26-16-. The zero-order chi connectivity index (χ0) is 21.1. The van der Waals surface area contributed by atoms with Crippen molar-refractivity contribution in [2.45, 2.75) is 13.5 Å². The average molecular weight is 420 g/mol. The van der Waals surface area contributed by atoms with Crippen LogP contribution in [0.3, 0.4) is 0 Å². The molecule has 0 saturated heterocycles. The van der Waals surface area contributed by atoms with E-state index in [1.54, 1.807) is 12.1 Å². The number of hydrogen-bond donors (Lipinski definition) is 2. The van der Waals surface area contributed by atoms with Crippen molar-refractivity contribution >= 4 is 28.8 Å². The summed E-state index contributed by atoms with van der Waals surface area (Å²) >= 11 is 6.11. The number of aromatic hydroxyl groups is 1. The molecule has 0 aromatic heterocycles. The van der Waals surface area contributed by atoms with E-state index in [4.69, 9.17) is 22.5 Å². The fraction of sp³-hybridized carbons (Fsp3) is 0.130. The van der Waals surface area contributed by atoms with Crippen LogP contribution in [0.2, 0.25) is 5.02 Å². The quantitative estimate of drug-likeness (QED) is 0.286. The van der Waals surface area contributed by atoms with Gasteiger partial charge in [-0.3, -0.25) is 5.01 Å². The number of hydrazone groups is 2. The van der Waals surface area contributed by atoms with Crippen LogP contribution in [0.25, 0.3) is 0 Å². The first-order valence-electron chi connectivity index (χ1n) is 9.54. The van der Waals surface area contributed by atoms with Crippen LogP contribution in [0.15, 0.2) is 83.0 Å². The number of fused-ring (bicyclic) bond motifs is 1. The largest absolute Gasteiger partial charge is 0.508 e. The van der Waals surface area contributed by atoms with Crippen LogP contribution in [0.4, 0.5) is 5.69 Å². The molecule has 3 N–H and O–H groups in total. The highest BCUT2D eigenvalue weighted by Gasteiger charge is 2.24. The molecule has 0 atom stereocenters. The summed E-state index contributed by atoms with van der Waals surface area (Å²) in [5.41, 5.74) is 4.79. The molecule has 3 aromatic rings. The minimum atomic E-state index is 0.236. The topological polar surface area (TPSA) is 77.5 Å². The predicted octanol–water partition coefficient (Wildman–Crippen LogP) is 4.37. The summed E-state index contributed by atoms with van der Waals surface area (Å²) in [7, 11) is 0. The summed E-state index contributed by atoms with van der Waals surface area (Å²) in [5, 5.41) is 21.2. The fourth-order valence-electron chi connectivity index (χ4n) is 3.44. The molecule has 1 aliphatic rings. The summed E-state index contributed by atoms with van der Waals surface area (Å²) in [6.07, 6.45) is 0. The van der Waals surface area contributed by atoms with E-state index >= 15 is 0 Å². The Morgan fingerprint density at radius 3 is 2.47 bits per heavy atom. The lowest BCUT2D eigenvalue weighted by atomic mass is 10.0. The highest BCUT2D eigenvalue weighted by Crippen LogP contribution is 2.29. The average Bonchev–Trinajstić information content (AvgIpc) is 2.93. The molecular weight excluding hydrogens is 398 g/mol. The molecule has 0 saturated carbocycles. The highest BCUT2D eigenvalue weighted by molar-refractivity contribution is 6.30. The van der Waals surface area contributed by atoms with Crippen LogP contribution in [0.5, 0.6) is 5.75 Å². The van der Waals surface area contributed by atoms with E-state index in [0.29, 0.717) is 24.1 Å². The number of benzene rings is 3. The number of hydrogen-bond acceptors (Lipinski definition) is 5. The molecule has 0 unspecified atom stereocenters. The Morgan fingerprint density at radius 2 is 1.77 bits per heavy atom. The van der Waals surface area contributed by atoms with Crippen molar-refractivity contribution in [3.63, 3.8) is 0 Å². The van der Waals surface area contributed by atoms with Crippen LogP contribution in [0, 0.1) is 0 Å². The number of rotatable bonds is 3. The molecule has 0 spiro atoms. The molecule has 1 heterocycles.